The number of aromatic nitrogens is 1. The summed E-state index contributed by atoms with van der Waals surface area (Å²) in [6, 6.07) is 8.95. The lowest BCUT2D eigenvalue weighted by Crippen LogP contribution is -2.37. The van der Waals surface area contributed by atoms with E-state index in [0.29, 0.717) is 41.0 Å². The number of fused-ring (bicyclic) bond motifs is 1. The van der Waals surface area contributed by atoms with Gasteiger partial charge in [0.15, 0.2) is 0 Å². The van der Waals surface area contributed by atoms with E-state index in [1.807, 2.05) is 18.2 Å². The third kappa shape index (κ3) is 3.77. The first-order chi connectivity index (χ1) is 12.5. The van der Waals surface area contributed by atoms with Crippen LogP contribution in [-0.2, 0) is 4.79 Å². The van der Waals surface area contributed by atoms with Gasteiger partial charge >= 0.3 is 0 Å². The largest absolute Gasteiger partial charge is 0.491 e. The number of nitrogens with zero attached hydrogens (tertiary/aromatic N) is 2. The van der Waals surface area contributed by atoms with Crippen molar-refractivity contribution >= 4 is 29.0 Å². The van der Waals surface area contributed by atoms with Crippen molar-refractivity contribution < 1.29 is 14.3 Å². The van der Waals surface area contributed by atoms with Gasteiger partial charge in [0.2, 0.25) is 5.91 Å². The molecule has 1 aliphatic heterocycles. The van der Waals surface area contributed by atoms with Crippen LogP contribution in [0, 0.1) is 5.92 Å². The Morgan fingerprint density at radius 3 is 2.92 bits per heavy atom. The van der Waals surface area contributed by atoms with Crippen molar-refractivity contribution in [1.29, 1.82) is 0 Å². The number of anilines is 3. The first-order valence-electron chi connectivity index (χ1n) is 8.49. The zero-order chi connectivity index (χ0) is 18.7. The Bertz CT molecular complexity index is 835. The fraction of sp³-hybridized carbons (Fsp3) is 0.316. The first-order valence-corrected chi connectivity index (χ1v) is 8.49. The molecular formula is C19H22N4O3. The topological polar surface area (TPSA) is 83.6 Å². The van der Waals surface area contributed by atoms with E-state index in [1.54, 1.807) is 19.2 Å². The van der Waals surface area contributed by atoms with E-state index in [1.165, 1.54) is 11.1 Å². The standard InChI is InChI=1S/C19H22N4O3/c1-12(2)11-26-16-7-5-4-6-14(16)22-19(25)13-8-15-18(20-9-13)21-10-17(24)23(15)3/h4-9,12H,10-11H2,1-3H3,(H,20,21)(H,22,25). The molecule has 0 aliphatic carbocycles. The first kappa shape index (κ1) is 17.7. The normalized spacial score (nSPS) is 13.2. The van der Waals surface area contributed by atoms with Crippen molar-refractivity contribution in [3.63, 3.8) is 0 Å². The summed E-state index contributed by atoms with van der Waals surface area (Å²) in [5.74, 6) is 1.19. The molecule has 2 N–H and O–H groups in total. The van der Waals surface area contributed by atoms with Crippen LogP contribution in [0.25, 0.3) is 0 Å². The van der Waals surface area contributed by atoms with Crippen LogP contribution in [0.1, 0.15) is 24.2 Å². The van der Waals surface area contributed by atoms with Gasteiger partial charge in [-0.25, -0.2) is 4.98 Å². The number of para-hydroxylation sites is 2. The molecule has 0 saturated carbocycles. The van der Waals surface area contributed by atoms with Crippen LogP contribution < -0.4 is 20.3 Å². The van der Waals surface area contributed by atoms with Gasteiger partial charge in [-0.1, -0.05) is 26.0 Å². The molecule has 7 heteroatoms. The minimum absolute atomic E-state index is 0.0794. The Balaban J connectivity index is 1.80. The molecule has 2 heterocycles. The molecule has 1 aliphatic rings. The van der Waals surface area contributed by atoms with Crippen LogP contribution in [0.5, 0.6) is 5.75 Å². The van der Waals surface area contributed by atoms with Crippen LogP contribution in [0.4, 0.5) is 17.2 Å². The van der Waals surface area contributed by atoms with Crippen molar-refractivity contribution in [2.24, 2.45) is 5.92 Å². The van der Waals surface area contributed by atoms with Crippen molar-refractivity contribution in [3.8, 4) is 5.75 Å². The Morgan fingerprint density at radius 1 is 1.38 bits per heavy atom. The molecule has 2 amide bonds. The van der Waals surface area contributed by atoms with Crippen molar-refractivity contribution in [3.05, 3.63) is 42.1 Å². The van der Waals surface area contributed by atoms with Crippen LogP contribution >= 0.6 is 0 Å². The number of hydrogen-bond donors (Lipinski definition) is 2. The molecule has 0 bridgehead atoms. The van der Waals surface area contributed by atoms with E-state index in [9.17, 15) is 9.59 Å². The summed E-state index contributed by atoms with van der Waals surface area (Å²) in [4.78, 5) is 30.2. The molecule has 1 aromatic heterocycles. The number of hydrogen-bond acceptors (Lipinski definition) is 5. The number of amides is 2. The van der Waals surface area contributed by atoms with Gasteiger partial charge in [-0.15, -0.1) is 0 Å². The SMILES string of the molecule is CC(C)COc1ccccc1NC(=O)c1cnc2c(c1)N(C)C(=O)CN2. The average Bonchev–Trinajstić information content (AvgIpc) is 2.63. The summed E-state index contributed by atoms with van der Waals surface area (Å²) in [5, 5.41) is 5.80. The monoisotopic (exact) mass is 354 g/mol. The third-order valence-corrected chi connectivity index (χ3v) is 3.98. The average molecular weight is 354 g/mol. The van der Waals surface area contributed by atoms with Crippen LogP contribution in [0.3, 0.4) is 0 Å². The van der Waals surface area contributed by atoms with Gasteiger partial charge in [-0.2, -0.15) is 0 Å². The quantitative estimate of drug-likeness (QED) is 0.863. The minimum atomic E-state index is -0.313. The van der Waals surface area contributed by atoms with Gasteiger partial charge in [-0.3, -0.25) is 9.59 Å². The van der Waals surface area contributed by atoms with E-state index < -0.39 is 0 Å². The number of carbonyl (C=O) groups excluding carboxylic acids is 2. The van der Waals surface area contributed by atoms with E-state index >= 15 is 0 Å². The lowest BCUT2D eigenvalue weighted by molar-refractivity contribution is -0.116. The summed E-state index contributed by atoms with van der Waals surface area (Å²) in [5.41, 5.74) is 1.54. The van der Waals surface area contributed by atoms with Gasteiger partial charge < -0.3 is 20.3 Å². The van der Waals surface area contributed by atoms with Gasteiger partial charge in [0.1, 0.15) is 11.6 Å². The molecule has 7 nitrogen and oxygen atoms in total. The highest BCUT2D eigenvalue weighted by Gasteiger charge is 2.23. The fourth-order valence-electron chi connectivity index (χ4n) is 2.53. The summed E-state index contributed by atoms with van der Waals surface area (Å²) in [7, 11) is 1.67. The van der Waals surface area contributed by atoms with Crippen molar-refractivity contribution in [2.45, 2.75) is 13.8 Å². The second kappa shape index (κ2) is 7.43. The van der Waals surface area contributed by atoms with Crippen LogP contribution in [0.15, 0.2) is 36.5 Å². The molecule has 0 fully saturated rings. The Kier molecular flexibility index (Phi) is 5.06. The Hall–Kier alpha value is -3.09. The molecule has 0 atom stereocenters. The maximum absolute atomic E-state index is 12.6. The van der Waals surface area contributed by atoms with Gasteiger partial charge in [0.05, 0.1) is 30.1 Å². The zero-order valence-corrected chi connectivity index (χ0v) is 15.1. The predicted molar refractivity (Wildman–Crippen MR) is 101 cm³/mol. The van der Waals surface area contributed by atoms with Crippen LogP contribution in [0.2, 0.25) is 0 Å². The van der Waals surface area contributed by atoms with Gasteiger partial charge in [0.25, 0.3) is 5.91 Å². The Labute approximate surface area is 152 Å². The van der Waals surface area contributed by atoms with Gasteiger partial charge in [0, 0.05) is 13.2 Å². The molecule has 136 valence electrons. The van der Waals surface area contributed by atoms with E-state index in [0.717, 1.165) is 0 Å². The highest BCUT2D eigenvalue weighted by molar-refractivity contribution is 6.07. The number of pyridine rings is 1. The van der Waals surface area contributed by atoms with Crippen molar-refractivity contribution in [2.75, 3.05) is 35.7 Å². The maximum Gasteiger partial charge on any atom is 0.257 e. The van der Waals surface area contributed by atoms with E-state index in [2.05, 4.69) is 29.5 Å². The lowest BCUT2D eigenvalue weighted by Gasteiger charge is -2.26. The minimum Gasteiger partial charge on any atom is -0.491 e. The number of carbonyl (C=O) groups is 2. The number of benzene rings is 1. The fourth-order valence-corrected chi connectivity index (χ4v) is 2.53. The maximum atomic E-state index is 12.6. The molecular weight excluding hydrogens is 332 g/mol. The number of nitrogens with one attached hydrogen (secondary N) is 2. The molecule has 0 saturated heterocycles. The highest BCUT2D eigenvalue weighted by Crippen LogP contribution is 2.28. The molecule has 3 rings (SSSR count). The van der Waals surface area contributed by atoms with Gasteiger partial charge in [-0.05, 0) is 24.1 Å². The predicted octanol–water partition coefficient (Wildman–Crippen LogP) is 2.76. The second-order valence-corrected chi connectivity index (χ2v) is 6.55. The summed E-state index contributed by atoms with van der Waals surface area (Å²) >= 11 is 0. The molecule has 0 radical (unpaired) electrons. The molecule has 0 spiro atoms. The third-order valence-electron chi connectivity index (χ3n) is 3.98. The number of rotatable bonds is 5. The number of likely N-dealkylation sites (N-methyl/N-ethyl adjacent to an activating group) is 1. The smallest absolute Gasteiger partial charge is 0.257 e. The Morgan fingerprint density at radius 2 is 2.15 bits per heavy atom. The molecule has 2 aromatic rings. The highest BCUT2D eigenvalue weighted by atomic mass is 16.5. The summed E-state index contributed by atoms with van der Waals surface area (Å²) in [6.45, 7) is 4.88. The second-order valence-electron chi connectivity index (χ2n) is 6.55. The van der Waals surface area contributed by atoms with E-state index in [-0.39, 0.29) is 18.4 Å². The molecule has 1 aromatic carbocycles. The zero-order valence-electron chi connectivity index (χ0n) is 15.1. The lowest BCUT2D eigenvalue weighted by atomic mass is 10.2. The van der Waals surface area contributed by atoms with E-state index in [4.69, 9.17) is 4.74 Å². The summed E-state index contributed by atoms with van der Waals surface area (Å²) < 4.78 is 5.76. The van der Waals surface area contributed by atoms with Crippen LogP contribution in [-0.4, -0.2) is 37.0 Å². The summed E-state index contributed by atoms with van der Waals surface area (Å²) in [6.07, 6.45) is 1.49. The molecule has 0 unspecified atom stereocenters. The van der Waals surface area contributed by atoms with Crippen molar-refractivity contribution in [1.82, 2.24) is 4.98 Å². The number of ether oxygens (including phenoxy) is 1. The molecule has 26 heavy (non-hydrogen) atoms.